The highest BCUT2D eigenvalue weighted by molar-refractivity contribution is 7.17. The van der Waals surface area contributed by atoms with E-state index in [2.05, 4.69) is 17.1 Å². The van der Waals surface area contributed by atoms with Gasteiger partial charge in [-0.25, -0.2) is 0 Å². The Kier molecular flexibility index (Phi) is 7.46. The fourth-order valence-corrected chi connectivity index (χ4v) is 4.50. The zero-order chi connectivity index (χ0) is 19.6. The number of nitrogens with two attached hydrogens (primary N) is 1. The molecule has 28 heavy (non-hydrogen) atoms. The summed E-state index contributed by atoms with van der Waals surface area (Å²) in [6.45, 7) is 8.65. The van der Waals surface area contributed by atoms with E-state index in [0.717, 1.165) is 36.5 Å². The molecule has 0 spiro atoms. The molecular formula is C20H26ClN3O3S. The summed E-state index contributed by atoms with van der Waals surface area (Å²) >= 11 is 1.44. The number of nitrogens with one attached hydrogen (secondary N) is 1. The molecule has 2 amide bonds. The predicted octanol–water partition coefficient (Wildman–Crippen LogP) is 3.69. The van der Waals surface area contributed by atoms with Crippen molar-refractivity contribution in [1.29, 1.82) is 0 Å². The second-order valence-corrected chi connectivity index (χ2v) is 7.94. The average molecular weight is 424 g/mol. The fraction of sp³-hybridized carbons (Fsp3) is 0.400. The highest BCUT2D eigenvalue weighted by atomic mass is 35.5. The number of benzene rings is 1. The molecule has 0 bridgehead atoms. The number of hydrogen-bond acceptors (Lipinski definition) is 5. The molecule has 2 aromatic rings. The first-order chi connectivity index (χ1) is 12.9. The van der Waals surface area contributed by atoms with Gasteiger partial charge < -0.3 is 15.8 Å². The summed E-state index contributed by atoms with van der Waals surface area (Å²) in [6, 6.07) is 6.96. The minimum absolute atomic E-state index is 0. The van der Waals surface area contributed by atoms with Crippen LogP contribution in [0.5, 0.6) is 5.75 Å². The van der Waals surface area contributed by atoms with Crippen molar-refractivity contribution < 1.29 is 14.3 Å². The van der Waals surface area contributed by atoms with Crippen LogP contribution in [0.15, 0.2) is 24.3 Å². The first-order valence-corrected chi connectivity index (χ1v) is 9.95. The van der Waals surface area contributed by atoms with Gasteiger partial charge in [0.1, 0.15) is 10.8 Å². The van der Waals surface area contributed by atoms with Crippen LogP contribution in [0.2, 0.25) is 0 Å². The van der Waals surface area contributed by atoms with Crippen LogP contribution in [0.1, 0.15) is 51.9 Å². The third-order valence-corrected chi connectivity index (χ3v) is 5.68. The summed E-state index contributed by atoms with van der Waals surface area (Å²) in [5, 5.41) is 3.42. The lowest BCUT2D eigenvalue weighted by molar-refractivity contribution is 0.1000. The van der Waals surface area contributed by atoms with Gasteiger partial charge in [-0.15, -0.1) is 23.7 Å². The molecule has 152 valence electrons. The van der Waals surface area contributed by atoms with Gasteiger partial charge in [0.2, 0.25) is 0 Å². The predicted molar refractivity (Wildman–Crippen MR) is 115 cm³/mol. The molecule has 0 aliphatic carbocycles. The lowest BCUT2D eigenvalue weighted by Crippen LogP contribution is -2.30. The van der Waals surface area contributed by atoms with Crippen molar-refractivity contribution in [3.63, 3.8) is 0 Å². The van der Waals surface area contributed by atoms with Gasteiger partial charge in [-0.1, -0.05) is 6.92 Å². The molecule has 2 heterocycles. The van der Waals surface area contributed by atoms with E-state index in [-0.39, 0.29) is 24.4 Å². The number of anilines is 1. The number of nitrogens with zero attached hydrogens (tertiary/aromatic N) is 1. The first-order valence-electron chi connectivity index (χ1n) is 9.13. The molecule has 0 unspecified atom stereocenters. The zero-order valence-corrected chi connectivity index (χ0v) is 17.9. The van der Waals surface area contributed by atoms with Gasteiger partial charge in [0.25, 0.3) is 11.8 Å². The molecule has 6 nitrogen and oxygen atoms in total. The second-order valence-electron chi connectivity index (χ2n) is 6.84. The Morgan fingerprint density at radius 3 is 2.54 bits per heavy atom. The summed E-state index contributed by atoms with van der Waals surface area (Å²) in [7, 11) is 0. The first kappa shape index (κ1) is 22.2. The highest BCUT2D eigenvalue weighted by Gasteiger charge is 2.27. The molecule has 3 rings (SSSR count). The smallest absolute Gasteiger partial charge is 0.256 e. The normalized spacial score (nSPS) is 13.6. The van der Waals surface area contributed by atoms with Crippen LogP contribution in [-0.4, -0.2) is 35.9 Å². The minimum Gasteiger partial charge on any atom is -0.491 e. The van der Waals surface area contributed by atoms with E-state index < -0.39 is 5.91 Å². The third kappa shape index (κ3) is 4.84. The number of likely N-dealkylation sites (N-methyl/N-ethyl adjacent to an activating group) is 1. The molecular weight excluding hydrogens is 398 g/mol. The van der Waals surface area contributed by atoms with Gasteiger partial charge >= 0.3 is 0 Å². The Bertz CT molecular complexity index is 849. The van der Waals surface area contributed by atoms with Crippen molar-refractivity contribution in [2.24, 2.45) is 5.73 Å². The molecule has 0 atom stereocenters. The van der Waals surface area contributed by atoms with E-state index in [1.807, 2.05) is 13.8 Å². The van der Waals surface area contributed by atoms with Crippen LogP contribution in [0.25, 0.3) is 0 Å². The summed E-state index contributed by atoms with van der Waals surface area (Å²) in [5.74, 6) is -0.0430. The van der Waals surface area contributed by atoms with Crippen molar-refractivity contribution >= 4 is 40.6 Å². The number of carbonyl (C=O) groups is 2. The second kappa shape index (κ2) is 9.41. The van der Waals surface area contributed by atoms with Gasteiger partial charge in [-0.05, 0) is 56.6 Å². The molecule has 8 heteroatoms. The molecule has 1 aromatic carbocycles. The SMILES string of the molecule is CCN1CCc2c(sc(NC(=O)c3ccc(OC(C)C)cc3)c2C(N)=O)C1.Cl. The Labute approximate surface area is 175 Å². The van der Waals surface area contributed by atoms with Crippen molar-refractivity contribution in [2.75, 3.05) is 18.4 Å². The van der Waals surface area contributed by atoms with Crippen molar-refractivity contribution in [2.45, 2.75) is 39.8 Å². The summed E-state index contributed by atoms with van der Waals surface area (Å²) in [5.41, 5.74) is 7.56. The zero-order valence-electron chi connectivity index (χ0n) is 16.3. The summed E-state index contributed by atoms with van der Waals surface area (Å²) < 4.78 is 5.60. The van der Waals surface area contributed by atoms with Crippen LogP contribution >= 0.6 is 23.7 Å². The lowest BCUT2D eigenvalue weighted by Gasteiger charge is -2.25. The molecule has 0 saturated carbocycles. The van der Waals surface area contributed by atoms with Gasteiger partial charge in [0, 0.05) is 23.5 Å². The topological polar surface area (TPSA) is 84.7 Å². The number of halogens is 1. The molecule has 1 aliphatic heterocycles. The van der Waals surface area contributed by atoms with Crippen molar-refractivity contribution in [3.8, 4) is 5.75 Å². The van der Waals surface area contributed by atoms with Crippen molar-refractivity contribution in [1.82, 2.24) is 4.90 Å². The summed E-state index contributed by atoms with van der Waals surface area (Å²) in [4.78, 5) is 28.1. The maximum Gasteiger partial charge on any atom is 0.256 e. The monoisotopic (exact) mass is 423 g/mol. The van der Waals surface area contributed by atoms with E-state index in [9.17, 15) is 9.59 Å². The Balaban J connectivity index is 0.00000280. The van der Waals surface area contributed by atoms with Crippen LogP contribution in [0.3, 0.4) is 0 Å². The fourth-order valence-electron chi connectivity index (χ4n) is 3.21. The lowest BCUT2D eigenvalue weighted by atomic mass is 10.0. The number of hydrogen-bond donors (Lipinski definition) is 2. The van der Waals surface area contributed by atoms with Crippen LogP contribution in [0.4, 0.5) is 5.00 Å². The van der Waals surface area contributed by atoms with Crippen molar-refractivity contribution in [3.05, 3.63) is 45.8 Å². The average Bonchev–Trinajstić information content (AvgIpc) is 2.98. The van der Waals surface area contributed by atoms with E-state index in [4.69, 9.17) is 10.5 Å². The Morgan fingerprint density at radius 1 is 1.29 bits per heavy atom. The molecule has 3 N–H and O–H groups in total. The number of primary amides is 1. The third-order valence-electron chi connectivity index (χ3n) is 4.54. The maximum absolute atomic E-state index is 12.6. The number of fused-ring (bicyclic) bond motifs is 1. The van der Waals surface area contributed by atoms with E-state index in [0.29, 0.717) is 21.9 Å². The van der Waals surface area contributed by atoms with Gasteiger partial charge in [0.15, 0.2) is 0 Å². The Morgan fingerprint density at radius 2 is 1.96 bits per heavy atom. The molecule has 0 saturated heterocycles. The van der Waals surface area contributed by atoms with E-state index >= 15 is 0 Å². The molecule has 1 aromatic heterocycles. The summed E-state index contributed by atoms with van der Waals surface area (Å²) in [6.07, 6.45) is 0.845. The number of amides is 2. The van der Waals surface area contributed by atoms with Gasteiger partial charge in [-0.3, -0.25) is 14.5 Å². The largest absolute Gasteiger partial charge is 0.491 e. The highest BCUT2D eigenvalue weighted by Crippen LogP contribution is 2.37. The number of ether oxygens (including phenoxy) is 1. The quantitative estimate of drug-likeness (QED) is 0.742. The molecule has 0 radical (unpaired) electrons. The van der Waals surface area contributed by atoms with E-state index in [1.54, 1.807) is 24.3 Å². The maximum atomic E-state index is 12.6. The van der Waals surface area contributed by atoms with Crippen LogP contribution in [-0.2, 0) is 13.0 Å². The van der Waals surface area contributed by atoms with Gasteiger partial charge in [0.05, 0.1) is 11.7 Å². The standard InChI is InChI=1S/C20H25N3O3S.ClH/c1-4-23-10-9-15-16(11-23)27-20(17(15)18(21)24)22-19(25)13-5-7-14(8-6-13)26-12(2)3;/h5-8,12H,4,9-11H2,1-3H3,(H2,21,24)(H,22,25);1H. The van der Waals surface area contributed by atoms with Gasteiger partial charge in [-0.2, -0.15) is 0 Å². The molecule has 0 fully saturated rings. The Hall–Kier alpha value is -2.09. The van der Waals surface area contributed by atoms with E-state index in [1.165, 1.54) is 11.3 Å². The number of thiophene rings is 1. The number of rotatable bonds is 6. The number of carbonyl (C=O) groups excluding carboxylic acids is 2. The minimum atomic E-state index is -0.492. The van der Waals surface area contributed by atoms with Crippen LogP contribution < -0.4 is 15.8 Å². The van der Waals surface area contributed by atoms with Crippen LogP contribution in [0, 0.1) is 0 Å². The molecule has 1 aliphatic rings.